The van der Waals surface area contributed by atoms with E-state index in [0.717, 1.165) is 23.2 Å². The third-order valence-corrected chi connectivity index (χ3v) is 3.01. The van der Waals surface area contributed by atoms with Gasteiger partial charge < -0.3 is 5.32 Å². The molecule has 0 saturated heterocycles. The number of rotatable bonds is 4. The molecule has 0 aliphatic carbocycles. The maximum atomic E-state index is 12.1. The van der Waals surface area contributed by atoms with Crippen LogP contribution < -0.4 is 5.32 Å². The molecule has 0 unspecified atom stereocenters. The lowest BCUT2D eigenvalue weighted by atomic mass is 10.1. The first-order chi connectivity index (χ1) is 9.20. The first-order valence-corrected chi connectivity index (χ1v) is 6.62. The van der Waals surface area contributed by atoms with Crippen LogP contribution in [0.15, 0.2) is 42.6 Å². The van der Waals surface area contributed by atoms with Gasteiger partial charge in [-0.2, -0.15) is 0 Å². The monoisotopic (exact) mass is 274 g/mol. The van der Waals surface area contributed by atoms with Gasteiger partial charge in [0.05, 0.1) is 0 Å². The van der Waals surface area contributed by atoms with E-state index >= 15 is 0 Å². The van der Waals surface area contributed by atoms with Crippen LogP contribution in [-0.2, 0) is 6.42 Å². The molecule has 1 amide bonds. The number of carbonyl (C=O) groups is 1. The molecule has 1 aromatic carbocycles. The number of aromatic nitrogens is 1. The first-order valence-electron chi connectivity index (χ1n) is 6.08. The lowest BCUT2D eigenvalue weighted by Gasteiger charge is -2.07. The van der Waals surface area contributed by atoms with Crippen LogP contribution in [0.2, 0.25) is 0 Å². The molecule has 0 atom stereocenters. The van der Waals surface area contributed by atoms with Crippen molar-refractivity contribution < 1.29 is 4.79 Å². The van der Waals surface area contributed by atoms with E-state index in [0.29, 0.717) is 11.6 Å². The van der Waals surface area contributed by atoms with Crippen molar-refractivity contribution in [1.29, 1.82) is 0 Å². The number of hydrogen-bond donors (Lipinski definition) is 1. The van der Waals surface area contributed by atoms with Crippen molar-refractivity contribution in [2.75, 3.05) is 11.2 Å². The lowest BCUT2D eigenvalue weighted by Crippen LogP contribution is -2.15. The van der Waals surface area contributed by atoms with Crippen molar-refractivity contribution in [3.05, 3.63) is 59.4 Å². The fourth-order valence-corrected chi connectivity index (χ4v) is 2.00. The van der Waals surface area contributed by atoms with Crippen LogP contribution in [0.5, 0.6) is 0 Å². The Morgan fingerprint density at radius 2 is 2.00 bits per heavy atom. The van der Waals surface area contributed by atoms with Crippen LogP contribution >= 0.6 is 11.6 Å². The van der Waals surface area contributed by atoms with Gasteiger partial charge in [-0.1, -0.05) is 18.2 Å². The fraction of sp³-hybridized carbons (Fsp3) is 0.200. The van der Waals surface area contributed by atoms with Gasteiger partial charge >= 0.3 is 0 Å². The SMILES string of the molecule is Cc1cccnc1C(=O)Nc1ccc(CCCl)cc1. The number of pyridine rings is 1. The number of benzene rings is 1. The average molecular weight is 275 g/mol. The Balaban J connectivity index is 2.09. The standard InChI is InChI=1S/C15H15ClN2O/c1-11-3-2-10-17-14(11)15(19)18-13-6-4-12(5-7-13)8-9-16/h2-7,10H,8-9H2,1H3,(H,18,19). The molecule has 3 nitrogen and oxygen atoms in total. The molecular formula is C15H15ClN2O. The molecule has 2 rings (SSSR count). The third-order valence-electron chi connectivity index (χ3n) is 2.82. The van der Waals surface area contributed by atoms with Gasteiger partial charge in [-0.15, -0.1) is 11.6 Å². The van der Waals surface area contributed by atoms with E-state index in [1.165, 1.54) is 0 Å². The molecule has 98 valence electrons. The Kier molecular flexibility index (Phi) is 4.53. The van der Waals surface area contributed by atoms with Crippen molar-refractivity contribution in [3.8, 4) is 0 Å². The second kappa shape index (κ2) is 6.34. The zero-order chi connectivity index (χ0) is 13.7. The number of nitrogens with one attached hydrogen (secondary N) is 1. The summed E-state index contributed by atoms with van der Waals surface area (Å²) in [4.78, 5) is 16.1. The first kappa shape index (κ1) is 13.6. The number of alkyl halides is 1. The second-order valence-electron chi connectivity index (χ2n) is 4.26. The summed E-state index contributed by atoms with van der Waals surface area (Å²) < 4.78 is 0. The summed E-state index contributed by atoms with van der Waals surface area (Å²) >= 11 is 5.68. The summed E-state index contributed by atoms with van der Waals surface area (Å²) in [5, 5.41) is 2.83. The third kappa shape index (κ3) is 3.55. The van der Waals surface area contributed by atoms with E-state index in [2.05, 4.69) is 10.3 Å². The average Bonchev–Trinajstić information content (AvgIpc) is 2.42. The zero-order valence-corrected chi connectivity index (χ0v) is 11.4. The highest BCUT2D eigenvalue weighted by Gasteiger charge is 2.09. The van der Waals surface area contributed by atoms with Crippen molar-refractivity contribution in [1.82, 2.24) is 4.98 Å². The molecule has 2 aromatic rings. The Hall–Kier alpha value is -1.87. The molecule has 0 radical (unpaired) electrons. The minimum absolute atomic E-state index is 0.191. The predicted molar refractivity (Wildman–Crippen MR) is 77.8 cm³/mol. The molecule has 0 saturated carbocycles. The topological polar surface area (TPSA) is 42.0 Å². The van der Waals surface area contributed by atoms with Gasteiger partial charge in [-0.25, -0.2) is 0 Å². The number of aryl methyl sites for hydroxylation is 2. The van der Waals surface area contributed by atoms with Crippen LogP contribution in [0.1, 0.15) is 21.6 Å². The Bertz CT molecular complexity index is 567. The van der Waals surface area contributed by atoms with Gasteiger partial charge in [0, 0.05) is 17.8 Å². The molecule has 0 aliphatic rings. The maximum Gasteiger partial charge on any atom is 0.274 e. The van der Waals surface area contributed by atoms with Gasteiger partial charge in [-0.3, -0.25) is 9.78 Å². The van der Waals surface area contributed by atoms with Crippen molar-refractivity contribution in [2.45, 2.75) is 13.3 Å². The second-order valence-corrected chi connectivity index (χ2v) is 4.64. The molecule has 1 N–H and O–H groups in total. The molecular weight excluding hydrogens is 260 g/mol. The van der Waals surface area contributed by atoms with Gasteiger partial charge in [0.2, 0.25) is 0 Å². The van der Waals surface area contributed by atoms with E-state index < -0.39 is 0 Å². The highest BCUT2D eigenvalue weighted by atomic mass is 35.5. The van der Waals surface area contributed by atoms with E-state index in [1.807, 2.05) is 43.3 Å². The fourth-order valence-electron chi connectivity index (χ4n) is 1.78. The number of hydrogen-bond acceptors (Lipinski definition) is 2. The number of nitrogens with zero attached hydrogens (tertiary/aromatic N) is 1. The van der Waals surface area contributed by atoms with Crippen LogP contribution in [0.25, 0.3) is 0 Å². The summed E-state index contributed by atoms with van der Waals surface area (Å²) in [6, 6.07) is 11.3. The molecule has 0 bridgehead atoms. The molecule has 4 heteroatoms. The van der Waals surface area contributed by atoms with E-state index in [1.54, 1.807) is 6.20 Å². The van der Waals surface area contributed by atoms with E-state index in [9.17, 15) is 4.79 Å². The van der Waals surface area contributed by atoms with Gasteiger partial charge in [0.15, 0.2) is 0 Å². The molecule has 1 aromatic heterocycles. The van der Waals surface area contributed by atoms with Crippen molar-refractivity contribution in [3.63, 3.8) is 0 Å². The van der Waals surface area contributed by atoms with Crippen molar-refractivity contribution >= 4 is 23.2 Å². The highest BCUT2D eigenvalue weighted by molar-refractivity contribution is 6.18. The van der Waals surface area contributed by atoms with Crippen LogP contribution in [0.3, 0.4) is 0 Å². The number of carbonyl (C=O) groups excluding carboxylic acids is 1. The van der Waals surface area contributed by atoms with Crippen molar-refractivity contribution in [2.24, 2.45) is 0 Å². The predicted octanol–water partition coefficient (Wildman–Crippen LogP) is 3.42. The molecule has 0 aliphatic heterocycles. The highest BCUT2D eigenvalue weighted by Crippen LogP contribution is 2.12. The van der Waals surface area contributed by atoms with Gasteiger partial charge in [-0.05, 0) is 42.7 Å². The largest absolute Gasteiger partial charge is 0.321 e. The Morgan fingerprint density at radius 1 is 1.26 bits per heavy atom. The molecule has 0 spiro atoms. The van der Waals surface area contributed by atoms with Gasteiger partial charge in [0.25, 0.3) is 5.91 Å². The minimum atomic E-state index is -0.191. The summed E-state index contributed by atoms with van der Waals surface area (Å²) in [5.41, 5.74) is 3.22. The van der Waals surface area contributed by atoms with Crippen LogP contribution in [-0.4, -0.2) is 16.8 Å². The zero-order valence-electron chi connectivity index (χ0n) is 10.7. The minimum Gasteiger partial charge on any atom is -0.321 e. The summed E-state index contributed by atoms with van der Waals surface area (Å²) in [6.45, 7) is 1.87. The number of amides is 1. The molecule has 0 fully saturated rings. The number of anilines is 1. The quantitative estimate of drug-likeness (QED) is 0.868. The summed E-state index contributed by atoms with van der Waals surface area (Å²) in [5.74, 6) is 0.405. The Labute approximate surface area is 117 Å². The van der Waals surface area contributed by atoms with Crippen LogP contribution in [0.4, 0.5) is 5.69 Å². The molecule has 1 heterocycles. The smallest absolute Gasteiger partial charge is 0.274 e. The molecule has 19 heavy (non-hydrogen) atoms. The van der Waals surface area contributed by atoms with E-state index in [4.69, 9.17) is 11.6 Å². The summed E-state index contributed by atoms with van der Waals surface area (Å²) in [6.07, 6.45) is 2.45. The normalized spacial score (nSPS) is 10.2. The summed E-state index contributed by atoms with van der Waals surface area (Å²) in [7, 11) is 0. The van der Waals surface area contributed by atoms with E-state index in [-0.39, 0.29) is 5.91 Å². The number of halogens is 1. The van der Waals surface area contributed by atoms with Crippen LogP contribution in [0, 0.1) is 6.92 Å². The lowest BCUT2D eigenvalue weighted by molar-refractivity contribution is 0.102. The Morgan fingerprint density at radius 3 is 2.63 bits per heavy atom. The van der Waals surface area contributed by atoms with Gasteiger partial charge in [0.1, 0.15) is 5.69 Å². The maximum absolute atomic E-state index is 12.1.